The third-order valence-electron chi connectivity index (χ3n) is 4.72. The van der Waals surface area contributed by atoms with Crippen LogP contribution >= 0.6 is 0 Å². The quantitative estimate of drug-likeness (QED) is 0.778. The van der Waals surface area contributed by atoms with Crippen LogP contribution in [0.1, 0.15) is 61.3 Å². The highest BCUT2D eigenvalue weighted by Crippen LogP contribution is 2.25. The second-order valence-electron chi connectivity index (χ2n) is 8.53. The van der Waals surface area contributed by atoms with Gasteiger partial charge in [0.1, 0.15) is 0 Å². The minimum Gasteiger partial charge on any atom is -0.314 e. The summed E-state index contributed by atoms with van der Waals surface area (Å²) >= 11 is 0. The van der Waals surface area contributed by atoms with Gasteiger partial charge in [-0.2, -0.15) is 0 Å². The molecule has 1 saturated heterocycles. The second kappa shape index (κ2) is 7.94. The first kappa shape index (κ1) is 18.9. The summed E-state index contributed by atoms with van der Waals surface area (Å²) in [5, 5.41) is 3.66. The van der Waals surface area contributed by atoms with Gasteiger partial charge in [0.15, 0.2) is 0 Å². The van der Waals surface area contributed by atoms with Gasteiger partial charge >= 0.3 is 0 Å². The Balaban J connectivity index is 2.49. The van der Waals surface area contributed by atoms with E-state index in [-0.39, 0.29) is 0 Å². The molecule has 0 saturated carbocycles. The van der Waals surface area contributed by atoms with Gasteiger partial charge in [0.05, 0.1) is 0 Å². The fraction of sp³-hybridized carbons (Fsp3) is 1.00. The predicted molar refractivity (Wildman–Crippen MR) is 93.9 cm³/mol. The maximum atomic E-state index is 3.66. The summed E-state index contributed by atoms with van der Waals surface area (Å²) in [6.07, 6.45) is 2.59. The van der Waals surface area contributed by atoms with E-state index in [1.807, 2.05) is 0 Å². The molecule has 1 heterocycles. The molecule has 0 aromatic heterocycles. The number of nitrogens with one attached hydrogen (secondary N) is 1. The van der Waals surface area contributed by atoms with Gasteiger partial charge in [-0.25, -0.2) is 0 Å². The van der Waals surface area contributed by atoms with E-state index in [1.165, 1.54) is 45.6 Å². The third kappa shape index (κ3) is 6.66. The minimum atomic E-state index is 0.317. The number of nitrogens with zero attached hydrogens (tertiary/aromatic N) is 2. The van der Waals surface area contributed by atoms with Crippen molar-refractivity contribution in [3.8, 4) is 0 Å². The van der Waals surface area contributed by atoms with Crippen LogP contribution in [0.2, 0.25) is 0 Å². The Kier molecular flexibility index (Phi) is 7.15. The van der Waals surface area contributed by atoms with Gasteiger partial charge in [-0.15, -0.1) is 0 Å². The Morgan fingerprint density at radius 3 is 2.00 bits per heavy atom. The average molecular weight is 298 g/mol. The SMILES string of the molecule is CCCC(C)(CNC(C)C)CN1CCN(C(C)(C)C)CC1. The molecule has 0 aliphatic carbocycles. The van der Waals surface area contributed by atoms with Crippen LogP contribution in [0.4, 0.5) is 0 Å². The van der Waals surface area contributed by atoms with E-state index in [0.717, 1.165) is 6.54 Å². The lowest BCUT2D eigenvalue weighted by Crippen LogP contribution is -2.55. The smallest absolute Gasteiger partial charge is 0.0126 e. The van der Waals surface area contributed by atoms with Gasteiger partial charge in [0.2, 0.25) is 0 Å². The van der Waals surface area contributed by atoms with Gasteiger partial charge in [-0.3, -0.25) is 4.90 Å². The van der Waals surface area contributed by atoms with Crippen LogP contribution < -0.4 is 5.32 Å². The highest BCUT2D eigenvalue weighted by atomic mass is 15.3. The van der Waals surface area contributed by atoms with Gasteiger partial charge < -0.3 is 10.2 Å². The molecule has 3 heteroatoms. The third-order valence-corrected chi connectivity index (χ3v) is 4.72. The van der Waals surface area contributed by atoms with Crippen LogP contribution in [0, 0.1) is 5.41 Å². The van der Waals surface area contributed by atoms with Crippen molar-refractivity contribution in [3.63, 3.8) is 0 Å². The Morgan fingerprint density at radius 1 is 1.00 bits per heavy atom. The second-order valence-corrected chi connectivity index (χ2v) is 8.53. The van der Waals surface area contributed by atoms with E-state index in [1.54, 1.807) is 0 Å². The zero-order chi connectivity index (χ0) is 16.1. The van der Waals surface area contributed by atoms with Crippen molar-refractivity contribution in [2.45, 2.75) is 72.9 Å². The van der Waals surface area contributed by atoms with Gasteiger partial charge in [-0.1, -0.05) is 34.1 Å². The molecule has 1 fully saturated rings. The number of hydrogen-bond acceptors (Lipinski definition) is 3. The first-order chi connectivity index (χ1) is 9.66. The fourth-order valence-corrected chi connectivity index (χ4v) is 3.39. The molecule has 0 amide bonds. The summed E-state index contributed by atoms with van der Waals surface area (Å²) in [4.78, 5) is 5.30. The molecule has 1 unspecified atom stereocenters. The standard InChI is InChI=1S/C18H39N3/c1-8-9-18(7,14-19-16(2)3)15-20-10-12-21(13-11-20)17(4,5)6/h16,19H,8-15H2,1-7H3. The molecule has 0 aromatic carbocycles. The van der Waals surface area contributed by atoms with E-state index >= 15 is 0 Å². The number of piperazine rings is 1. The zero-order valence-corrected chi connectivity index (χ0v) is 15.6. The van der Waals surface area contributed by atoms with Gasteiger partial charge in [-0.05, 0) is 32.6 Å². The van der Waals surface area contributed by atoms with Crippen LogP contribution in [-0.2, 0) is 0 Å². The summed E-state index contributed by atoms with van der Waals surface area (Å²) < 4.78 is 0. The van der Waals surface area contributed by atoms with Gasteiger partial charge in [0.25, 0.3) is 0 Å². The maximum absolute atomic E-state index is 3.66. The van der Waals surface area contributed by atoms with E-state index < -0.39 is 0 Å². The Bertz CT molecular complexity index is 287. The zero-order valence-electron chi connectivity index (χ0n) is 15.6. The van der Waals surface area contributed by atoms with Crippen molar-refractivity contribution in [1.82, 2.24) is 15.1 Å². The van der Waals surface area contributed by atoms with E-state index in [9.17, 15) is 0 Å². The lowest BCUT2D eigenvalue weighted by molar-refractivity contribution is 0.0402. The van der Waals surface area contributed by atoms with Crippen LogP contribution in [0.25, 0.3) is 0 Å². The Labute approximate surface area is 133 Å². The molecule has 1 rings (SSSR count). The van der Waals surface area contributed by atoms with Gasteiger partial charge in [0, 0.05) is 50.8 Å². The maximum Gasteiger partial charge on any atom is 0.0126 e. The molecule has 0 radical (unpaired) electrons. The summed E-state index contributed by atoms with van der Waals surface area (Å²) in [6, 6.07) is 0.582. The first-order valence-electron chi connectivity index (χ1n) is 8.87. The highest BCUT2D eigenvalue weighted by molar-refractivity contribution is 4.86. The topological polar surface area (TPSA) is 18.5 Å². The molecule has 0 bridgehead atoms. The Hall–Kier alpha value is -0.120. The molecular weight excluding hydrogens is 258 g/mol. The average Bonchev–Trinajstić information content (AvgIpc) is 2.36. The molecule has 21 heavy (non-hydrogen) atoms. The van der Waals surface area contributed by atoms with Crippen LogP contribution in [0.5, 0.6) is 0 Å². The van der Waals surface area contributed by atoms with Crippen LogP contribution in [0.15, 0.2) is 0 Å². The monoisotopic (exact) mass is 297 g/mol. The molecule has 126 valence electrons. The molecule has 1 atom stereocenters. The normalized spacial score (nSPS) is 21.7. The van der Waals surface area contributed by atoms with Crippen molar-refractivity contribution in [3.05, 3.63) is 0 Å². The summed E-state index contributed by atoms with van der Waals surface area (Å²) in [7, 11) is 0. The summed E-state index contributed by atoms with van der Waals surface area (Å²) in [5.41, 5.74) is 0.723. The molecule has 3 nitrogen and oxygen atoms in total. The molecule has 1 N–H and O–H groups in total. The molecule has 1 aliphatic heterocycles. The van der Waals surface area contributed by atoms with E-state index in [2.05, 4.69) is 63.6 Å². The van der Waals surface area contributed by atoms with Crippen molar-refractivity contribution in [2.75, 3.05) is 39.3 Å². The van der Waals surface area contributed by atoms with Crippen molar-refractivity contribution in [1.29, 1.82) is 0 Å². The van der Waals surface area contributed by atoms with Crippen molar-refractivity contribution < 1.29 is 0 Å². The van der Waals surface area contributed by atoms with E-state index in [0.29, 0.717) is 17.0 Å². The number of hydrogen-bond donors (Lipinski definition) is 1. The fourth-order valence-electron chi connectivity index (χ4n) is 3.39. The highest BCUT2D eigenvalue weighted by Gasteiger charge is 2.30. The van der Waals surface area contributed by atoms with E-state index in [4.69, 9.17) is 0 Å². The van der Waals surface area contributed by atoms with Crippen LogP contribution in [0.3, 0.4) is 0 Å². The lowest BCUT2D eigenvalue weighted by atomic mass is 9.84. The molecular formula is C18H39N3. The summed E-state index contributed by atoms with van der Waals surface area (Å²) in [6.45, 7) is 23.5. The Morgan fingerprint density at radius 2 is 1.57 bits per heavy atom. The minimum absolute atomic E-state index is 0.317. The van der Waals surface area contributed by atoms with Crippen LogP contribution in [-0.4, -0.2) is 60.6 Å². The summed E-state index contributed by atoms with van der Waals surface area (Å²) in [5.74, 6) is 0. The van der Waals surface area contributed by atoms with Crippen molar-refractivity contribution in [2.24, 2.45) is 5.41 Å². The number of rotatable bonds is 7. The first-order valence-corrected chi connectivity index (χ1v) is 8.87. The largest absolute Gasteiger partial charge is 0.314 e. The lowest BCUT2D eigenvalue weighted by Gasteiger charge is -2.45. The predicted octanol–water partition coefficient (Wildman–Crippen LogP) is 3.21. The van der Waals surface area contributed by atoms with Crippen molar-refractivity contribution >= 4 is 0 Å². The molecule has 0 aromatic rings. The molecule has 1 aliphatic rings. The molecule has 0 spiro atoms.